The minimum Gasteiger partial charge on any atom is -0.490 e. The highest BCUT2D eigenvalue weighted by Gasteiger charge is 2.31. The number of ether oxygens (including phenoxy) is 2. The number of amides is 2. The van der Waals surface area contributed by atoms with Crippen molar-refractivity contribution in [2.75, 3.05) is 25.0 Å². The molecule has 1 saturated heterocycles. The fourth-order valence-corrected chi connectivity index (χ4v) is 5.11. The molecule has 0 bridgehead atoms. The van der Waals surface area contributed by atoms with E-state index >= 15 is 0 Å². The zero-order chi connectivity index (χ0) is 27.3. The highest BCUT2D eigenvalue weighted by Crippen LogP contribution is 2.29. The molecule has 2 aromatic rings. The molecular weight excluding hydrogens is 485 g/mol. The summed E-state index contributed by atoms with van der Waals surface area (Å²) in [5, 5.41) is 3.06. The Bertz CT molecular complexity index is 1080. The predicted octanol–water partition coefficient (Wildman–Crippen LogP) is 5.84. The van der Waals surface area contributed by atoms with Crippen LogP contribution < -0.4 is 10.1 Å². The highest BCUT2D eigenvalue weighted by atomic mass is 19.1. The smallest absolute Gasteiger partial charge is 0.410 e. The summed E-state index contributed by atoms with van der Waals surface area (Å²) < 4.78 is 24.6. The second kappa shape index (κ2) is 12.2. The first-order valence-electron chi connectivity index (χ1n) is 13.6. The summed E-state index contributed by atoms with van der Waals surface area (Å²) >= 11 is 0. The van der Waals surface area contributed by atoms with Gasteiger partial charge < -0.3 is 19.7 Å². The first kappa shape index (κ1) is 27.9. The predicted molar refractivity (Wildman–Crippen MR) is 146 cm³/mol. The average molecular weight is 526 g/mol. The van der Waals surface area contributed by atoms with E-state index in [0.29, 0.717) is 12.3 Å². The first-order valence-corrected chi connectivity index (χ1v) is 13.6. The summed E-state index contributed by atoms with van der Waals surface area (Å²) in [6, 6.07) is 14.2. The number of piperazine rings is 1. The number of hydrogen-bond donors (Lipinski definition) is 1. The molecule has 0 unspecified atom stereocenters. The van der Waals surface area contributed by atoms with Crippen molar-refractivity contribution in [2.45, 2.75) is 77.7 Å². The molecule has 4 rings (SSSR count). The molecule has 1 aliphatic heterocycles. The van der Waals surface area contributed by atoms with Gasteiger partial charge in [0.2, 0.25) is 5.91 Å². The van der Waals surface area contributed by atoms with E-state index in [2.05, 4.69) is 17.1 Å². The molecule has 1 atom stereocenters. The second-order valence-corrected chi connectivity index (χ2v) is 11.5. The van der Waals surface area contributed by atoms with E-state index < -0.39 is 5.60 Å². The van der Waals surface area contributed by atoms with Crippen LogP contribution in [0.5, 0.6) is 5.75 Å². The molecule has 38 heavy (non-hydrogen) atoms. The lowest BCUT2D eigenvalue weighted by molar-refractivity contribution is -0.121. The van der Waals surface area contributed by atoms with Crippen molar-refractivity contribution in [1.82, 2.24) is 9.80 Å². The van der Waals surface area contributed by atoms with Crippen molar-refractivity contribution in [3.63, 3.8) is 0 Å². The number of nitrogens with one attached hydrogen (secondary N) is 1. The lowest BCUT2D eigenvalue weighted by Crippen LogP contribution is -2.54. The van der Waals surface area contributed by atoms with Gasteiger partial charge in [0.25, 0.3) is 0 Å². The molecular formula is C30H40FN3O4. The van der Waals surface area contributed by atoms with Crippen molar-refractivity contribution in [1.29, 1.82) is 0 Å². The summed E-state index contributed by atoms with van der Waals surface area (Å²) in [5.41, 5.74) is 1.47. The van der Waals surface area contributed by atoms with Crippen molar-refractivity contribution in [3.05, 3.63) is 59.9 Å². The first-order chi connectivity index (χ1) is 18.1. The van der Waals surface area contributed by atoms with Crippen LogP contribution in [0.2, 0.25) is 0 Å². The van der Waals surface area contributed by atoms with E-state index in [1.807, 2.05) is 49.9 Å². The van der Waals surface area contributed by atoms with Crippen LogP contribution in [0.15, 0.2) is 48.5 Å². The summed E-state index contributed by atoms with van der Waals surface area (Å²) in [6.45, 7) is 10.7. The zero-order valence-electron chi connectivity index (χ0n) is 22.9. The lowest BCUT2D eigenvalue weighted by atomic mass is 9.86. The zero-order valence-corrected chi connectivity index (χ0v) is 22.9. The normalized spacial score (nSPS) is 22.6. The summed E-state index contributed by atoms with van der Waals surface area (Å²) in [5.74, 6) is 0.396. The Morgan fingerprint density at radius 2 is 1.63 bits per heavy atom. The molecule has 2 aliphatic rings. The number of benzene rings is 2. The fraction of sp³-hybridized carbons (Fsp3) is 0.533. The Morgan fingerprint density at radius 1 is 0.974 bits per heavy atom. The molecule has 206 valence electrons. The van der Waals surface area contributed by atoms with Crippen molar-refractivity contribution < 1.29 is 23.5 Å². The Morgan fingerprint density at radius 3 is 2.24 bits per heavy atom. The largest absolute Gasteiger partial charge is 0.490 e. The van der Waals surface area contributed by atoms with Gasteiger partial charge in [0.05, 0.1) is 6.10 Å². The van der Waals surface area contributed by atoms with Gasteiger partial charge in [0.15, 0.2) is 0 Å². The van der Waals surface area contributed by atoms with Crippen molar-refractivity contribution >= 4 is 17.7 Å². The number of rotatable bonds is 6. The number of hydrogen-bond acceptors (Lipinski definition) is 5. The van der Waals surface area contributed by atoms with Crippen LogP contribution in [0.3, 0.4) is 0 Å². The highest BCUT2D eigenvalue weighted by molar-refractivity contribution is 5.92. The maximum absolute atomic E-state index is 13.1. The molecule has 2 fully saturated rings. The monoisotopic (exact) mass is 525 g/mol. The number of carbonyl (C=O) groups is 2. The number of carbonyl (C=O) groups excluding carboxylic acids is 2. The van der Waals surface area contributed by atoms with E-state index in [-0.39, 0.29) is 35.9 Å². The van der Waals surface area contributed by atoms with E-state index in [1.54, 1.807) is 12.1 Å². The average Bonchev–Trinajstić information content (AvgIpc) is 2.86. The van der Waals surface area contributed by atoms with E-state index in [1.165, 1.54) is 17.7 Å². The molecule has 1 aliphatic carbocycles. The van der Waals surface area contributed by atoms with Crippen LogP contribution >= 0.6 is 0 Å². The van der Waals surface area contributed by atoms with Crippen LogP contribution in [0.1, 0.15) is 58.9 Å². The van der Waals surface area contributed by atoms with E-state index in [9.17, 15) is 14.0 Å². The van der Waals surface area contributed by atoms with Gasteiger partial charge in [-0.3, -0.25) is 9.69 Å². The molecule has 8 heteroatoms. The van der Waals surface area contributed by atoms with Crippen LogP contribution in [-0.4, -0.2) is 59.2 Å². The number of nitrogens with zero attached hydrogens (tertiary/aromatic N) is 2. The van der Waals surface area contributed by atoms with Crippen LogP contribution in [0.25, 0.3) is 0 Å². The molecule has 1 saturated carbocycles. The fourth-order valence-electron chi connectivity index (χ4n) is 5.11. The minimum atomic E-state index is -0.496. The Labute approximate surface area is 225 Å². The SMILES string of the molecule is C[C@H]1CN(Cc2ccc(NC(=O)C3CCC(Oc4ccc(F)cc4)CC3)cc2)CCN1C(=O)OC(C)(C)C. The number of anilines is 1. The minimum absolute atomic E-state index is 0.0366. The lowest BCUT2D eigenvalue weighted by Gasteiger charge is -2.40. The van der Waals surface area contributed by atoms with E-state index in [0.717, 1.165) is 51.0 Å². The van der Waals surface area contributed by atoms with Gasteiger partial charge in [-0.05, 0) is 95.3 Å². The maximum Gasteiger partial charge on any atom is 0.410 e. The van der Waals surface area contributed by atoms with Gasteiger partial charge in [-0.1, -0.05) is 12.1 Å². The molecule has 0 radical (unpaired) electrons. The standard InChI is InChI=1S/C30H40FN3O4/c1-21-19-33(17-18-34(21)29(36)38-30(2,3)4)20-22-5-11-25(12-6-22)32-28(35)23-7-13-26(14-8-23)37-27-15-9-24(31)10-16-27/h5-6,9-12,15-16,21,23,26H,7-8,13-14,17-20H2,1-4H3,(H,32,35)/t21-,23?,26?/m0/s1. The van der Waals surface area contributed by atoms with Crippen LogP contribution in [0.4, 0.5) is 14.9 Å². The third-order valence-corrected chi connectivity index (χ3v) is 7.13. The van der Waals surface area contributed by atoms with E-state index in [4.69, 9.17) is 9.47 Å². The molecule has 0 spiro atoms. The Balaban J connectivity index is 1.20. The molecule has 0 aromatic heterocycles. The summed E-state index contributed by atoms with van der Waals surface area (Å²) in [7, 11) is 0. The second-order valence-electron chi connectivity index (χ2n) is 11.5. The van der Waals surface area contributed by atoms with Crippen LogP contribution in [0, 0.1) is 11.7 Å². The summed E-state index contributed by atoms with van der Waals surface area (Å²) in [4.78, 5) is 29.4. The van der Waals surface area contributed by atoms with Crippen LogP contribution in [-0.2, 0) is 16.1 Å². The third-order valence-electron chi connectivity index (χ3n) is 7.13. The molecule has 2 aromatic carbocycles. The van der Waals surface area contributed by atoms with Gasteiger partial charge in [-0.2, -0.15) is 0 Å². The van der Waals surface area contributed by atoms with Gasteiger partial charge in [-0.15, -0.1) is 0 Å². The Hall–Kier alpha value is -3.13. The number of halogens is 1. The van der Waals surface area contributed by atoms with Crippen molar-refractivity contribution in [2.24, 2.45) is 5.92 Å². The van der Waals surface area contributed by atoms with Gasteiger partial charge in [0, 0.05) is 43.8 Å². The summed E-state index contributed by atoms with van der Waals surface area (Å²) in [6.07, 6.45) is 2.94. The molecule has 1 N–H and O–H groups in total. The molecule has 2 amide bonds. The molecule has 1 heterocycles. The topological polar surface area (TPSA) is 71.1 Å². The molecule has 7 nitrogen and oxygen atoms in total. The maximum atomic E-state index is 13.1. The van der Waals surface area contributed by atoms with Crippen molar-refractivity contribution in [3.8, 4) is 5.75 Å². The Kier molecular flexibility index (Phi) is 8.92. The van der Waals surface area contributed by atoms with Gasteiger partial charge in [0.1, 0.15) is 17.2 Å². The van der Waals surface area contributed by atoms with Gasteiger partial charge in [-0.25, -0.2) is 9.18 Å². The van der Waals surface area contributed by atoms with Gasteiger partial charge >= 0.3 is 6.09 Å². The third kappa shape index (κ3) is 7.93. The quantitative estimate of drug-likeness (QED) is 0.513.